The number of benzene rings is 1. The van der Waals surface area contributed by atoms with Crippen molar-refractivity contribution < 1.29 is 4.74 Å². The minimum atomic E-state index is -0.844. The number of aromatic nitrogens is 4. The van der Waals surface area contributed by atoms with Crippen molar-refractivity contribution in [3.63, 3.8) is 0 Å². The molecule has 0 spiro atoms. The van der Waals surface area contributed by atoms with Crippen molar-refractivity contribution in [2.24, 2.45) is 5.73 Å². The van der Waals surface area contributed by atoms with Gasteiger partial charge in [-0.3, -0.25) is 19.4 Å². The van der Waals surface area contributed by atoms with Crippen LogP contribution in [-0.2, 0) is 6.54 Å². The molecule has 1 aliphatic heterocycles. The lowest BCUT2D eigenvalue weighted by Crippen LogP contribution is -2.33. The third kappa shape index (κ3) is 3.15. The first-order valence-electron chi connectivity index (χ1n) is 8.70. The molecule has 0 saturated heterocycles. The van der Waals surface area contributed by atoms with Gasteiger partial charge in [0.05, 0.1) is 17.2 Å². The Labute approximate surface area is 172 Å². The van der Waals surface area contributed by atoms with E-state index in [2.05, 4.69) is 31.0 Å². The molecule has 3 aromatic rings. The molecule has 10 heteroatoms. The van der Waals surface area contributed by atoms with Crippen LogP contribution in [0.1, 0.15) is 24.0 Å². The first-order chi connectivity index (χ1) is 13.9. The predicted molar refractivity (Wildman–Crippen MR) is 108 cm³/mol. The molecule has 9 nitrogen and oxygen atoms in total. The minimum Gasteiger partial charge on any atom is -0.424 e. The fourth-order valence-corrected chi connectivity index (χ4v) is 3.61. The topological polar surface area (TPSA) is 143 Å². The van der Waals surface area contributed by atoms with Gasteiger partial charge in [-0.1, -0.05) is 28.1 Å². The molecule has 0 fully saturated rings. The maximum atomic E-state index is 12.6. The second-order valence-electron chi connectivity index (χ2n) is 6.37. The van der Waals surface area contributed by atoms with Gasteiger partial charge in [-0.15, -0.1) is 0 Å². The number of rotatable bonds is 3. The fraction of sp³-hybridized carbons (Fsp3) is 0.158. The van der Waals surface area contributed by atoms with Crippen molar-refractivity contribution in [2.45, 2.75) is 19.4 Å². The molecule has 0 aliphatic carbocycles. The molecule has 1 atom stereocenters. The second kappa shape index (κ2) is 7.10. The fourth-order valence-electron chi connectivity index (χ4n) is 3.34. The molecule has 1 unspecified atom stereocenters. The maximum absolute atomic E-state index is 12.6. The number of nitrogens with two attached hydrogens (primary N) is 1. The number of ether oxygens (including phenoxy) is 1. The van der Waals surface area contributed by atoms with Crippen molar-refractivity contribution in [1.82, 2.24) is 19.7 Å². The summed E-state index contributed by atoms with van der Waals surface area (Å²) in [5, 5.41) is 14.4. The van der Waals surface area contributed by atoms with E-state index >= 15 is 0 Å². The van der Waals surface area contributed by atoms with E-state index in [-0.39, 0.29) is 22.9 Å². The molecule has 3 heterocycles. The van der Waals surface area contributed by atoms with Crippen LogP contribution in [0.2, 0.25) is 0 Å². The Kier molecular flexibility index (Phi) is 4.60. The Balaban J connectivity index is 2.03. The van der Waals surface area contributed by atoms with Gasteiger partial charge >= 0.3 is 5.69 Å². The monoisotopic (exact) mass is 454 g/mol. The molecule has 0 radical (unpaired) electrons. The van der Waals surface area contributed by atoms with Crippen LogP contribution in [0, 0.1) is 11.3 Å². The van der Waals surface area contributed by atoms with Crippen LogP contribution in [0.5, 0.6) is 5.88 Å². The lowest BCUT2D eigenvalue weighted by atomic mass is 9.84. The Hall–Kier alpha value is -3.58. The molecule has 1 aliphatic rings. The number of hydrogen-bond acceptors (Lipinski definition) is 6. The predicted octanol–water partition coefficient (Wildman–Crippen LogP) is 1.93. The summed E-state index contributed by atoms with van der Waals surface area (Å²) in [6, 6.07) is 9.56. The number of nitriles is 1. The second-order valence-corrected chi connectivity index (χ2v) is 7.29. The largest absolute Gasteiger partial charge is 0.424 e. The highest BCUT2D eigenvalue weighted by Gasteiger charge is 2.36. The SMILES string of the molecule is CCn1cc(C2C(C#N)=C(N)Oc3[nH]c(=O)[nH]c(=O)c32)c(-c2ccc(Br)cc2)n1. The third-order valence-corrected chi connectivity index (χ3v) is 5.19. The van der Waals surface area contributed by atoms with Gasteiger partial charge in [0, 0.05) is 28.3 Å². The number of aromatic amines is 2. The molecule has 0 saturated carbocycles. The first kappa shape index (κ1) is 18.8. The Morgan fingerprint density at radius 1 is 1.31 bits per heavy atom. The molecule has 0 amide bonds. The molecule has 146 valence electrons. The van der Waals surface area contributed by atoms with E-state index in [9.17, 15) is 14.9 Å². The van der Waals surface area contributed by atoms with Crippen molar-refractivity contribution in [1.29, 1.82) is 5.26 Å². The van der Waals surface area contributed by atoms with Gasteiger partial charge in [-0.2, -0.15) is 10.4 Å². The van der Waals surface area contributed by atoms with E-state index in [0.29, 0.717) is 17.8 Å². The van der Waals surface area contributed by atoms with Crippen molar-refractivity contribution in [3.05, 3.63) is 78.4 Å². The highest BCUT2D eigenvalue weighted by Crippen LogP contribution is 2.42. The van der Waals surface area contributed by atoms with Crippen LogP contribution in [0.3, 0.4) is 0 Å². The highest BCUT2D eigenvalue weighted by molar-refractivity contribution is 9.10. The zero-order chi connectivity index (χ0) is 20.7. The average molecular weight is 455 g/mol. The Morgan fingerprint density at radius 3 is 2.69 bits per heavy atom. The zero-order valence-corrected chi connectivity index (χ0v) is 16.8. The summed E-state index contributed by atoms with van der Waals surface area (Å²) in [6.45, 7) is 2.52. The lowest BCUT2D eigenvalue weighted by Gasteiger charge is -2.24. The summed E-state index contributed by atoms with van der Waals surface area (Å²) in [5.41, 5.74) is 6.76. The normalized spacial score (nSPS) is 15.6. The molecular formula is C19H15BrN6O3. The van der Waals surface area contributed by atoms with Gasteiger partial charge in [-0.05, 0) is 19.1 Å². The average Bonchev–Trinajstić information content (AvgIpc) is 3.11. The van der Waals surface area contributed by atoms with Crippen LogP contribution in [0.15, 0.2) is 56.0 Å². The van der Waals surface area contributed by atoms with Crippen LogP contribution >= 0.6 is 15.9 Å². The molecule has 1 aromatic carbocycles. The summed E-state index contributed by atoms with van der Waals surface area (Å²) in [7, 11) is 0. The zero-order valence-electron chi connectivity index (χ0n) is 15.2. The van der Waals surface area contributed by atoms with E-state index in [0.717, 1.165) is 10.0 Å². The Morgan fingerprint density at radius 2 is 2.03 bits per heavy atom. The van der Waals surface area contributed by atoms with Gasteiger partial charge < -0.3 is 10.5 Å². The van der Waals surface area contributed by atoms with Gasteiger partial charge in [0.15, 0.2) is 0 Å². The Bertz CT molecular complexity index is 1290. The summed E-state index contributed by atoms with van der Waals surface area (Å²) >= 11 is 3.41. The molecule has 0 bridgehead atoms. The van der Waals surface area contributed by atoms with E-state index in [1.165, 1.54) is 0 Å². The standard InChI is InChI=1S/C19H15BrN6O3/c1-2-26-8-12(15(25-26)9-3-5-10(20)6-4-9)13-11(7-21)16(22)29-18-14(13)17(27)23-19(28)24-18/h3-6,8,13H,2,22H2,1H3,(H2,23,24,27,28). The first-order valence-corrected chi connectivity index (χ1v) is 9.49. The van der Waals surface area contributed by atoms with Crippen LogP contribution in [0.25, 0.3) is 11.3 Å². The van der Waals surface area contributed by atoms with Crippen molar-refractivity contribution in [3.8, 4) is 23.2 Å². The van der Waals surface area contributed by atoms with E-state index in [1.54, 1.807) is 10.9 Å². The number of halogens is 1. The maximum Gasteiger partial charge on any atom is 0.328 e. The number of H-pyrrole nitrogens is 2. The summed E-state index contributed by atoms with van der Waals surface area (Å²) in [5.74, 6) is -1.09. The summed E-state index contributed by atoms with van der Waals surface area (Å²) in [6.07, 6.45) is 1.77. The smallest absolute Gasteiger partial charge is 0.328 e. The molecule has 4 N–H and O–H groups in total. The van der Waals surface area contributed by atoms with Crippen molar-refractivity contribution in [2.75, 3.05) is 0 Å². The van der Waals surface area contributed by atoms with Crippen molar-refractivity contribution >= 4 is 15.9 Å². The van der Waals surface area contributed by atoms with E-state index in [1.807, 2.05) is 37.3 Å². The highest BCUT2D eigenvalue weighted by atomic mass is 79.9. The van der Waals surface area contributed by atoms with Crippen LogP contribution < -0.4 is 21.7 Å². The van der Waals surface area contributed by atoms with E-state index < -0.39 is 17.2 Å². The summed E-state index contributed by atoms with van der Waals surface area (Å²) < 4.78 is 7.99. The quantitative estimate of drug-likeness (QED) is 0.551. The van der Waals surface area contributed by atoms with Gasteiger partial charge in [-0.25, -0.2) is 4.79 Å². The minimum absolute atomic E-state index is 0.0732. The number of hydrogen-bond donors (Lipinski definition) is 3. The van der Waals surface area contributed by atoms with Gasteiger partial charge in [0.2, 0.25) is 11.8 Å². The number of nitrogens with one attached hydrogen (secondary N) is 2. The summed E-state index contributed by atoms with van der Waals surface area (Å²) in [4.78, 5) is 29.0. The van der Waals surface area contributed by atoms with Crippen LogP contribution in [-0.4, -0.2) is 19.7 Å². The molecular weight excluding hydrogens is 440 g/mol. The number of fused-ring (bicyclic) bond motifs is 1. The molecule has 4 rings (SSSR count). The van der Waals surface area contributed by atoms with Crippen LogP contribution in [0.4, 0.5) is 0 Å². The lowest BCUT2D eigenvalue weighted by molar-refractivity contribution is 0.373. The molecule has 29 heavy (non-hydrogen) atoms. The number of aryl methyl sites for hydroxylation is 1. The van der Waals surface area contributed by atoms with E-state index in [4.69, 9.17) is 10.5 Å². The third-order valence-electron chi connectivity index (χ3n) is 4.66. The van der Waals surface area contributed by atoms with Gasteiger partial charge in [0.25, 0.3) is 5.56 Å². The van der Waals surface area contributed by atoms with Gasteiger partial charge in [0.1, 0.15) is 11.6 Å². The molecule has 2 aromatic heterocycles. The number of allylic oxidation sites excluding steroid dienone is 1. The number of nitrogens with zero attached hydrogens (tertiary/aromatic N) is 3.